The van der Waals surface area contributed by atoms with Crippen LogP contribution in [0, 0.1) is 11.2 Å². The molecule has 1 fully saturated rings. The topological polar surface area (TPSA) is 62.1 Å². The highest BCUT2D eigenvalue weighted by Crippen LogP contribution is 2.35. The third-order valence-electron chi connectivity index (χ3n) is 5.44. The summed E-state index contributed by atoms with van der Waals surface area (Å²) in [4.78, 5) is 19.2. The lowest BCUT2D eigenvalue weighted by molar-refractivity contribution is 0.0731. The van der Waals surface area contributed by atoms with Crippen LogP contribution in [-0.2, 0) is 0 Å². The van der Waals surface area contributed by atoms with Crippen molar-refractivity contribution in [3.8, 4) is 17.1 Å². The lowest BCUT2D eigenvalue weighted by Gasteiger charge is -2.30. The number of hydrogen-bond acceptors (Lipinski definition) is 6. The molecule has 3 rings (SSSR count). The van der Waals surface area contributed by atoms with Crippen molar-refractivity contribution in [3.63, 3.8) is 0 Å². The number of benzene rings is 1. The van der Waals surface area contributed by atoms with E-state index in [1.54, 1.807) is 37.0 Å². The van der Waals surface area contributed by atoms with Gasteiger partial charge in [-0.25, -0.2) is 4.39 Å². The van der Waals surface area contributed by atoms with E-state index in [0.29, 0.717) is 29.2 Å². The van der Waals surface area contributed by atoms with Crippen LogP contribution < -0.4 is 9.64 Å². The number of nitrogens with zero attached hydrogens (tertiary/aromatic N) is 4. The van der Waals surface area contributed by atoms with Gasteiger partial charge in [0, 0.05) is 39.8 Å². The number of carbonyl (C=O) groups is 1. The van der Waals surface area contributed by atoms with Gasteiger partial charge in [-0.05, 0) is 43.6 Å². The van der Waals surface area contributed by atoms with Crippen molar-refractivity contribution < 1.29 is 18.4 Å². The molecule has 0 spiro atoms. The van der Waals surface area contributed by atoms with Gasteiger partial charge >= 0.3 is 0 Å². The van der Waals surface area contributed by atoms with Gasteiger partial charge in [-0.15, -0.1) is 0 Å². The van der Waals surface area contributed by atoms with Crippen LogP contribution in [0.4, 0.5) is 10.2 Å². The number of aromatic nitrogens is 1. The fourth-order valence-electron chi connectivity index (χ4n) is 4.01. The van der Waals surface area contributed by atoms with E-state index in [2.05, 4.69) is 24.0 Å². The molecule has 158 valence electrons. The minimum absolute atomic E-state index is 0.0356. The Bertz CT molecular complexity index is 898. The first-order chi connectivity index (χ1) is 13.6. The molecule has 1 saturated heterocycles. The Balaban J connectivity index is 1.97. The van der Waals surface area contributed by atoms with Crippen molar-refractivity contribution in [2.75, 3.05) is 59.8 Å². The molecule has 2 heterocycles. The monoisotopic (exact) mass is 404 g/mol. The van der Waals surface area contributed by atoms with Crippen LogP contribution in [0.5, 0.6) is 5.75 Å². The maximum absolute atomic E-state index is 13.8. The molecule has 0 aliphatic carbocycles. The number of carbonyl (C=O) groups excluding carboxylic acids is 1. The quantitative estimate of drug-likeness (QED) is 0.738. The molecule has 0 saturated carbocycles. The summed E-state index contributed by atoms with van der Waals surface area (Å²) in [7, 11) is 8.89. The van der Waals surface area contributed by atoms with Gasteiger partial charge < -0.3 is 24.0 Å². The Morgan fingerprint density at radius 2 is 2.10 bits per heavy atom. The van der Waals surface area contributed by atoms with Gasteiger partial charge in [0.2, 0.25) is 0 Å². The van der Waals surface area contributed by atoms with Crippen molar-refractivity contribution in [1.82, 2.24) is 15.0 Å². The second kappa shape index (κ2) is 8.02. The summed E-state index contributed by atoms with van der Waals surface area (Å²) in [6.45, 7) is 4.79. The van der Waals surface area contributed by atoms with Crippen LogP contribution in [0.3, 0.4) is 0 Å². The third kappa shape index (κ3) is 4.22. The number of likely N-dealkylation sites (tertiary alicyclic amines) is 1. The lowest BCUT2D eigenvalue weighted by Crippen LogP contribution is -2.39. The van der Waals surface area contributed by atoms with Crippen molar-refractivity contribution in [2.24, 2.45) is 5.41 Å². The van der Waals surface area contributed by atoms with Crippen molar-refractivity contribution in [3.05, 3.63) is 29.6 Å². The Kier molecular flexibility index (Phi) is 5.84. The maximum Gasteiger partial charge on any atom is 0.261 e. The molecule has 0 N–H and O–H groups in total. The van der Waals surface area contributed by atoms with Gasteiger partial charge in [-0.1, -0.05) is 12.1 Å². The SMILES string of the molecule is COc1cc(-c2onc(N(C)C)c2C(=O)N(C)CC2(C)CCN(C)C2)ccc1F. The van der Waals surface area contributed by atoms with E-state index in [1.807, 2.05) is 0 Å². The second-order valence-corrected chi connectivity index (χ2v) is 8.41. The van der Waals surface area contributed by atoms with Crippen LogP contribution in [-0.4, -0.2) is 75.8 Å². The van der Waals surface area contributed by atoms with E-state index < -0.39 is 5.82 Å². The van der Waals surface area contributed by atoms with Crippen LogP contribution >= 0.6 is 0 Å². The summed E-state index contributed by atoms with van der Waals surface area (Å²) in [5, 5.41) is 4.10. The molecule has 1 atom stereocenters. The average molecular weight is 404 g/mol. The average Bonchev–Trinajstić information content (AvgIpc) is 3.25. The molecule has 1 aromatic carbocycles. The highest BCUT2D eigenvalue weighted by atomic mass is 19.1. The highest BCUT2D eigenvalue weighted by Gasteiger charge is 2.36. The minimum Gasteiger partial charge on any atom is -0.494 e. The Hall–Kier alpha value is -2.61. The van der Waals surface area contributed by atoms with E-state index >= 15 is 0 Å². The van der Waals surface area contributed by atoms with Gasteiger partial charge in [-0.3, -0.25) is 4.79 Å². The van der Waals surface area contributed by atoms with E-state index in [4.69, 9.17) is 9.26 Å². The predicted octanol–water partition coefficient (Wildman–Crippen LogP) is 2.97. The zero-order valence-electron chi connectivity index (χ0n) is 18.0. The fourth-order valence-corrected chi connectivity index (χ4v) is 4.01. The lowest BCUT2D eigenvalue weighted by atomic mass is 9.89. The number of rotatable bonds is 6. The summed E-state index contributed by atoms with van der Waals surface area (Å²) >= 11 is 0. The summed E-state index contributed by atoms with van der Waals surface area (Å²) in [5.74, 6) is 0.167. The smallest absolute Gasteiger partial charge is 0.261 e. The number of amides is 1. The summed E-state index contributed by atoms with van der Waals surface area (Å²) in [6, 6.07) is 4.36. The van der Waals surface area contributed by atoms with E-state index in [-0.39, 0.29) is 17.1 Å². The number of hydrogen-bond donors (Lipinski definition) is 0. The molecular weight excluding hydrogens is 375 g/mol. The highest BCUT2D eigenvalue weighted by molar-refractivity contribution is 6.04. The van der Waals surface area contributed by atoms with E-state index in [9.17, 15) is 9.18 Å². The number of ether oxygens (including phenoxy) is 1. The third-order valence-corrected chi connectivity index (χ3v) is 5.44. The number of anilines is 1. The zero-order chi connectivity index (χ0) is 21.3. The molecule has 8 heteroatoms. The normalized spacial score (nSPS) is 19.4. The predicted molar refractivity (Wildman–Crippen MR) is 110 cm³/mol. The number of halogens is 1. The maximum atomic E-state index is 13.8. The molecular formula is C21H29FN4O3. The van der Waals surface area contributed by atoms with Crippen LogP contribution in [0.1, 0.15) is 23.7 Å². The number of methoxy groups -OCH3 is 1. The van der Waals surface area contributed by atoms with Crippen molar-refractivity contribution in [1.29, 1.82) is 0 Å². The first-order valence-electron chi connectivity index (χ1n) is 9.60. The van der Waals surface area contributed by atoms with Gasteiger partial charge in [0.25, 0.3) is 5.91 Å². The summed E-state index contributed by atoms with van der Waals surface area (Å²) in [5.41, 5.74) is 0.932. The largest absolute Gasteiger partial charge is 0.494 e. The Labute approximate surface area is 171 Å². The summed E-state index contributed by atoms with van der Waals surface area (Å²) in [6.07, 6.45) is 1.04. The van der Waals surface area contributed by atoms with Crippen molar-refractivity contribution >= 4 is 11.7 Å². The first kappa shape index (κ1) is 21.1. The molecule has 1 aliphatic rings. The van der Waals surface area contributed by atoms with Gasteiger partial charge in [-0.2, -0.15) is 0 Å². The zero-order valence-corrected chi connectivity index (χ0v) is 18.0. The van der Waals surface area contributed by atoms with Gasteiger partial charge in [0.15, 0.2) is 23.1 Å². The van der Waals surface area contributed by atoms with Gasteiger partial charge in [0.05, 0.1) is 7.11 Å². The van der Waals surface area contributed by atoms with E-state index in [1.165, 1.54) is 19.2 Å². The molecule has 1 unspecified atom stereocenters. The molecule has 1 aliphatic heterocycles. The summed E-state index contributed by atoms with van der Waals surface area (Å²) < 4.78 is 24.5. The molecule has 1 aromatic heterocycles. The van der Waals surface area contributed by atoms with Crippen molar-refractivity contribution in [2.45, 2.75) is 13.3 Å². The minimum atomic E-state index is -0.480. The van der Waals surface area contributed by atoms with Crippen LogP contribution in [0.25, 0.3) is 11.3 Å². The second-order valence-electron chi connectivity index (χ2n) is 8.41. The molecule has 0 bridgehead atoms. The molecule has 29 heavy (non-hydrogen) atoms. The molecule has 1 amide bonds. The molecule has 7 nitrogen and oxygen atoms in total. The Morgan fingerprint density at radius 1 is 1.38 bits per heavy atom. The Morgan fingerprint density at radius 3 is 2.69 bits per heavy atom. The van der Waals surface area contributed by atoms with E-state index in [0.717, 1.165) is 19.5 Å². The fraction of sp³-hybridized carbons (Fsp3) is 0.524. The first-order valence-corrected chi connectivity index (χ1v) is 9.60. The van der Waals surface area contributed by atoms with Crippen LogP contribution in [0.2, 0.25) is 0 Å². The van der Waals surface area contributed by atoms with Crippen LogP contribution in [0.15, 0.2) is 22.7 Å². The van der Waals surface area contributed by atoms with Gasteiger partial charge in [0.1, 0.15) is 5.56 Å². The molecule has 0 radical (unpaired) electrons. The molecule has 2 aromatic rings. The standard InChI is InChI=1S/C21H29FN4O3/c1-21(9-10-25(4)12-21)13-26(5)20(27)17-18(29-23-19(17)24(2)3)14-7-8-15(22)16(11-14)28-6/h7-8,11H,9-10,12-13H2,1-6H3.